The Bertz CT molecular complexity index is 1140. The quantitative estimate of drug-likeness (QED) is 0.307. The predicted octanol–water partition coefficient (Wildman–Crippen LogP) is 9.58. The average molecular weight is 463 g/mol. The van der Waals surface area contributed by atoms with Crippen LogP contribution in [0.15, 0.2) is 54.6 Å². The average Bonchev–Trinajstić information content (AvgIpc) is 2.86. The molecule has 0 heterocycles. The Balaban J connectivity index is 1.48. The monoisotopic (exact) mass is 462 g/mol. The smallest absolute Gasteiger partial charge is 0.166 e. The molecule has 0 aliphatic heterocycles. The Morgan fingerprint density at radius 1 is 0.794 bits per heavy atom. The fourth-order valence-electron chi connectivity index (χ4n) is 5.16. The number of rotatable bonds is 7. The van der Waals surface area contributed by atoms with Crippen molar-refractivity contribution in [2.24, 2.45) is 5.92 Å². The summed E-state index contributed by atoms with van der Waals surface area (Å²) in [6.07, 6.45) is 10.8. The van der Waals surface area contributed by atoms with E-state index in [9.17, 15) is 4.39 Å². The largest absolute Gasteiger partial charge is 0.206 e. The zero-order valence-electron chi connectivity index (χ0n) is 20.1. The molecule has 1 fully saturated rings. The molecule has 1 aliphatic carbocycles. The molecule has 0 amide bonds. The van der Waals surface area contributed by atoms with E-state index in [4.69, 9.17) is 0 Å². The van der Waals surface area contributed by atoms with E-state index in [2.05, 4.69) is 6.92 Å². The maximum absolute atomic E-state index is 15.0. The number of hydrogen-bond acceptors (Lipinski definition) is 0. The highest BCUT2D eigenvalue weighted by molar-refractivity contribution is 5.72. The normalized spacial score (nSPS) is 18.5. The predicted molar refractivity (Wildman–Crippen MR) is 136 cm³/mol. The van der Waals surface area contributed by atoms with E-state index >= 15 is 8.78 Å². The molecule has 0 bridgehead atoms. The standard InChI is InChI=1S/C31H33F3/c1-3-5-22-7-12-24(13-8-22)27-18-19-28(31(34)30(27)33)25-14-9-23(10-15-25)11-17-26-16-6-21(4-2)20-29(26)32/h6,9-11,14-20,22,24H,3-5,7-8,12-13H2,1-2H3. The van der Waals surface area contributed by atoms with Crippen LogP contribution in [0.1, 0.15) is 80.5 Å². The third kappa shape index (κ3) is 5.46. The van der Waals surface area contributed by atoms with Crippen LogP contribution < -0.4 is 0 Å². The van der Waals surface area contributed by atoms with E-state index < -0.39 is 11.6 Å². The molecule has 34 heavy (non-hydrogen) atoms. The van der Waals surface area contributed by atoms with Crippen molar-refractivity contribution in [3.8, 4) is 11.1 Å². The summed E-state index contributed by atoms with van der Waals surface area (Å²) in [6.45, 7) is 4.19. The second kappa shape index (κ2) is 11.1. The first kappa shape index (κ1) is 24.3. The van der Waals surface area contributed by atoms with Gasteiger partial charge in [0, 0.05) is 11.1 Å². The molecule has 0 saturated heterocycles. The topological polar surface area (TPSA) is 0 Å². The van der Waals surface area contributed by atoms with Crippen molar-refractivity contribution < 1.29 is 13.2 Å². The van der Waals surface area contributed by atoms with Gasteiger partial charge in [-0.2, -0.15) is 0 Å². The van der Waals surface area contributed by atoms with Crippen LogP contribution in [0.5, 0.6) is 0 Å². The van der Waals surface area contributed by atoms with Gasteiger partial charge >= 0.3 is 0 Å². The van der Waals surface area contributed by atoms with Gasteiger partial charge in [-0.25, -0.2) is 13.2 Å². The van der Waals surface area contributed by atoms with Gasteiger partial charge in [-0.05, 0) is 72.3 Å². The molecule has 3 aromatic carbocycles. The Labute approximate surface area is 201 Å². The summed E-state index contributed by atoms with van der Waals surface area (Å²) in [5.41, 5.74) is 3.77. The summed E-state index contributed by atoms with van der Waals surface area (Å²) < 4.78 is 44.3. The number of hydrogen-bond donors (Lipinski definition) is 0. The van der Waals surface area contributed by atoms with Crippen molar-refractivity contribution in [3.05, 3.63) is 94.3 Å². The summed E-state index contributed by atoms with van der Waals surface area (Å²) in [4.78, 5) is 0. The van der Waals surface area contributed by atoms with E-state index in [1.54, 1.807) is 42.5 Å². The Morgan fingerprint density at radius 2 is 1.53 bits per heavy atom. The van der Waals surface area contributed by atoms with E-state index in [-0.39, 0.29) is 17.3 Å². The van der Waals surface area contributed by atoms with Crippen molar-refractivity contribution in [1.82, 2.24) is 0 Å². The van der Waals surface area contributed by atoms with Crippen molar-refractivity contribution in [2.45, 2.75) is 64.7 Å². The highest BCUT2D eigenvalue weighted by atomic mass is 19.2. The molecule has 4 rings (SSSR count). The first-order chi connectivity index (χ1) is 16.5. The van der Waals surface area contributed by atoms with Gasteiger partial charge in [0.05, 0.1) is 0 Å². The lowest BCUT2D eigenvalue weighted by Gasteiger charge is -2.29. The summed E-state index contributed by atoms with van der Waals surface area (Å²) in [5.74, 6) is -0.881. The second-order valence-electron chi connectivity index (χ2n) is 9.50. The molecule has 3 aromatic rings. The molecule has 0 N–H and O–H groups in total. The molecule has 3 heteroatoms. The van der Waals surface area contributed by atoms with E-state index in [0.717, 1.165) is 49.1 Å². The molecule has 0 nitrogen and oxygen atoms in total. The lowest BCUT2D eigenvalue weighted by atomic mass is 9.77. The lowest BCUT2D eigenvalue weighted by molar-refractivity contribution is 0.303. The molecule has 0 unspecified atom stereocenters. The molecule has 0 atom stereocenters. The zero-order valence-corrected chi connectivity index (χ0v) is 20.1. The van der Waals surface area contributed by atoms with Gasteiger partial charge < -0.3 is 0 Å². The van der Waals surface area contributed by atoms with Crippen molar-refractivity contribution in [3.63, 3.8) is 0 Å². The molecule has 1 aliphatic rings. The minimum atomic E-state index is -0.769. The van der Waals surface area contributed by atoms with Crippen molar-refractivity contribution >= 4 is 12.2 Å². The highest BCUT2D eigenvalue weighted by Crippen LogP contribution is 2.40. The molecule has 178 valence electrons. The Morgan fingerprint density at radius 3 is 2.18 bits per heavy atom. The van der Waals surface area contributed by atoms with Crippen LogP contribution in [0.3, 0.4) is 0 Å². The third-order valence-electron chi connectivity index (χ3n) is 7.25. The Hall–Kier alpha value is -2.81. The zero-order chi connectivity index (χ0) is 24.1. The second-order valence-corrected chi connectivity index (χ2v) is 9.50. The first-order valence-electron chi connectivity index (χ1n) is 12.5. The SMILES string of the molecule is CCCC1CCC(c2ccc(-c3ccc(C=Cc4ccc(CC)cc4F)cc3)c(F)c2F)CC1. The Kier molecular flexibility index (Phi) is 7.92. The van der Waals surface area contributed by atoms with Crippen LogP contribution >= 0.6 is 0 Å². The van der Waals surface area contributed by atoms with Gasteiger partial charge in [-0.3, -0.25) is 0 Å². The fourth-order valence-corrected chi connectivity index (χ4v) is 5.16. The lowest BCUT2D eigenvalue weighted by Crippen LogP contribution is -2.14. The molecule has 0 spiro atoms. The number of aryl methyl sites for hydroxylation is 1. The van der Waals surface area contributed by atoms with E-state index in [1.807, 2.05) is 31.2 Å². The number of halogens is 3. The van der Waals surface area contributed by atoms with Gasteiger partial charge in [0.15, 0.2) is 11.6 Å². The van der Waals surface area contributed by atoms with Gasteiger partial charge in [0.2, 0.25) is 0 Å². The maximum Gasteiger partial charge on any atom is 0.166 e. The summed E-state index contributed by atoms with van der Waals surface area (Å²) in [7, 11) is 0. The van der Waals surface area contributed by atoms with E-state index in [0.29, 0.717) is 16.7 Å². The van der Waals surface area contributed by atoms with Gasteiger partial charge in [0.25, 0.3) is 0 Å². The van der Waals surface area contributed by atoms with Crippen molar-refractivity contribution in [2.75, 3.05) is 0 Å². The van der Waals surface area contributed by atoms with Crippen LogP contribution in [-0.4, -0.2) is 0 Å². The third-order valence-corrected chi connectivity index (χ3v) is 7.25. The maximum atomic E-state index is 15.0. The van der Waals surface area contributed by atoms with Crippen LogP contribution in [-0.2, 0) is 6.42 Å². The minimum absolute atomic E-state index is 0.107. The molecule has 0 radical (unpaired) electrons. The summed E-state index contributed by atoms with van der Waals surface area (Å²) >= 11 is 0. The van der Waals surface area contributed by atoms with Crippen molar-refractivity contribution in [1.29, 1.82) is 0 Å². The first-order valence-corrected chi connectivity index (χ1v) is 12.5. The van der Waals surface area contributed by atoms with Crippen LogP contribution in [0.4, 0.5) is 13.2 Å². The molecular weight excluding hydrogens is 429 g/mol. The van der Waals surface area contributed by atoms with Gasteiger partial charge in [-0.15, -0.1) is 0 Å². The molecule has 0 aromatic heterocycles. The van der Waals surface area contributed by atoms with Crippen LogP contribution in [0.25, 0.3) is 23.3 Å². The molecule has 1 saturated carbocycles. The summed E-state index contributed by atoms with van der Waals surface area (Å²) in [5, 5.41) is 0. The number of benzene rings is 3. The van der Waals surface area contributed by atoms with Gasteiger partial charge in [0.1, 0.15) is 5.82 Å². The fraction of sp³-hybridized carbons (Fsp3) is 0.355. The minimum Gasteiger partial charge on any atom is -0.206 e. The summed E-state index contributed by atoms with van der Waals surface area (Å²) in [6, 6.07) is 16.0. The van der Waals surface area contributed by atoms with Crippen LogP contribution in [0, 0.1) is 23.4 Å². The highest BCUT2D eigenvalue weighted by Gasteiger charge is 2.26. The van der Waals surface area contributed by atoms with Gasteiger partial charge in [-0.1, -0.05) is 87.4 Å². The molecular formula is C31H33F3. The van der Waals surface area contributed by atoms with E-state index in [1.165, 1.54) is 12.8 Å². The van der Waals surface area contributed by atoms with Crippen LogP contribution in [0.2, 0.25) is 0 Å².